The van der Waals surface area contributed by atoms with Gasteiger partial charge >= 0.3 is 0 Å². The Labute approximate surface area is 183 Å². The standard InChI is InChI=1S/C25H19N5O2/c31-25(17-7-2-1-3-8-17)30-14-21-20(26-15-27-21)13-22(30)24-28-23(29-32-24)19-11-10-16-6-4-5-9-18(16)12-19/h1-12,15,22H,13-14H2,(H,26,27)/t22-/m0/s1. The number of aromatic nitrogens is 4. The fraction of sp³-hybridized carbons (Fsp3) is 0.120. The number of fused-ring (bicyclic) bond motifs is 2. The molecule has 2 aromatic heterocycles. The number of aromatic amines is 1. The van der Waals surface area contributed by atoms with Crippen LogP contribution in [0.15, 0.2) is 83.6 Å². The molecule has 3 aromatic carbocycles. The zero-order valence-electron chi connectivity index (χ0n) is 17.1. The topological polar surface area (TPSA) is 87.9 Å². The maximum atomic E-state index is 13.3. The minimum absolute atomic E-state index is 0.0821. The molecule has 0 aliphatic carbocycles. The van der Waals surface area contributed by atoms with Crippen LogP contribution in [0, 0.1) is 0 Å². The molecule has 1 N–H and O–H groups in total. The summed E-state index contributed by atoms with van der Waals surface area (Å²) in [5.74, 6) is 0.832. The van der Waals surface area contributed by atoms with Crippen molar-refractivity contribution in [1.82, 2.24) is 25.0 Å². The summed E-state index contributed by atoms with van der Waals surface area (Å²) in [5.41, 5.74) is 3.34. The van der Waals surface area contributed by atoms with Crippen LogP contribution in [0.1, 0.15) is 33.7 Å². The Balaban J connectivity index is 1.37. The molecule has 0 saturated heterocycles. The van der Waals surface area contributed by atoms with E-state index in [1.54, 1.807) is 11.2 Å². The third kappa shape index (κ3) is 3.15. The molecule has 1 aliphatic heterocycles. The van der Waals surface area contributed by atoms with Crippen LogP contribution in [-0.4, -0.2) is 30.9 Å². The van der Waals surface area contributed by atoms with Gasteiger partial charge in [0.25, 0.3) is 5.91 Å². The predicted molar refractivity (Wildman–Crippen MR) is 119 cm³/mol. The highest BCUT2D eigenvalue weighted by atomic mass is 16.5. The number of nitrogens with one attached hydrogen (secondary N) is 1. The average molecular weight is 421 g/mol. The fourth-order valence-corrected chi connectivity index (χ4v) is 4.23. The summed E-state index contributed by atoms with van der Waals surface area (Å²) in [6.07, 6.45) is 2.17. The molecule has 1 aliphatic rings. The number of benzene rings is 3. The third-order valence-corrected chi connectivity index (χ3v) is 5.91. The Morgan fingerprint density at radius 2 is 1.81 bits per heavy atom. The average Bonchev–Trinajstić information content (AvgIpc) is 3.52. The Kier molecular flexibility index (Phi) is 4.31. The summed E-state index contributed by atoms with van der Waals surface area (Å²) < 4.78 is 5.69. The molecule has 0 bridgehead atoms. The van der Waals surface area contributed by atoms with Gasteiger partial charge in [-0.2, -0.15) is 4.98 Å². The molecule has 1 atom stereocenters. The third-order valence-electron chi connectivity index (χ3n) is 5.91. The molecule has 0 radical (unpaired) electrons. The number of rotatable bonds is 3. The van der Waals surface area contributed by atoms with E-state index in [0.717, 1.165) is 27.7 Å². The van der Waals surface area contributed by atoms with Crippen LogP contribution in [0.2, 0.25) is 0 Å². The van der Waals surface area contributed by atoms with E-state index in [-0.39, 0.29) is 11.9 Å². The molecule has 3 heterocycles. The van der Waals surface area contributed by atoms with Crippen LogP contribution >= 0.6 is 0 Å². The molecular weight excluding hydrogens is 402 g/mol. The van der Waals surface area contributed by atoms with Crippen molar-refractivity contribution >= 4 is 16.7 Å². The number of hydrogen-bond acceptors (Lipinski definition) is 5. The van der Waals surface area contributed by atoms with Gasteiger partial charge in [0.2, 0.25) is 11.7 Å². The van der Waals surface area contributed by atoms with E-state index >= 15 is 0 Å². The lowest BCUT2D eigenvalue weighted by Crippen LogP contribution is -2.39. The molecule has 156 valence electrons. The van der Waals surface area contributed by atoms with Crippen LogP contribution in [0.5, 0.6) is 0 Å². The Hall–Kier alpha value is -4.26. The van der Waals surface area contributed by atoms with Gasteiger partial charge in [0.15, 0.2) is 0 Å². The van der Waals surface area contributed by atoms with Crippen LogP contribution < -0.4 is 0 Å². The number of carbonyl (C=O) groups excluding carboxylic acids is 1. The minimum Gasteiger partial charge on any atom is -0.347 e. The molecule has 0 saturated carbocycles. The van der Waals surface area contributed by atoms with Gasteiger partial charge in [0, 0.05) is 17.5 Å². The quantitative estimate of drug-likeness (QED) is 0.462. The lowest BCUT2D eigenvalue weighted by molar-refractivity contribution is 0.0590. The van der Waals surface area contributed by atoms with Gasteiger partial charge in [-0.15, -0.1) is 0 Å². The second-order valence-electron chi connectivity index (χ2n) is 7.86. The number of carbonyl (C=O) groups is 1. The summed E-state index contributed by atoms with van der Waals surface area (Å²) in [6, 6.07) is 23.1. The highest BCUT2D eigenvalue weighted by Crippen LogP contribution is 2.33. The zero-order chi connectivity index (χ0) is 21.5. The Morgan fingerprint density at radius 3 is 2.69 bits per heavy atom. The first kappa shape index (κ1) is 18.5. The molecule has 7 heteroatoms. The number of H-pyrrole nitrogens is 1. The van der Waals surface area contributed by atoms with Gasteiger partial charge in [0.05, 0.1) is 24.3 Å². The fourth-order valence-electron chi connectivity index (χ4n) is 4.23. The van der Waals surface area contributed by atoms with Gasteiger partial charge in [0.1, 0.15) is 6.04 Å². The van der Waals surface area contributed by atoms with Crippen LogP contribution in [0.4, 0.5) is 0 Å². The van der Waals surface area contributed by atoms with Crippen LogP contribution in [0.25, 0.3) is 22.2 Å². The maximum absolute atomic E-state index is 13.3. The normalized spacial score (nSPS) is 15.6. The van der Waals surface area contributed by atoms with Crippen molar-refractivity contribution in [2.75, 3.05) is 0 Å². The van der Waals surface area contributed by atoms with E-state index in [9.17, 15) is 4.79 Å². The molecular formula is C25H19N5O2. The first-order chi connectivity index (χ1) is 15.8. The number of imidazole rings is 1. The molecule has 1 amide bonds. The van der Waals surface area contributed by atoms with Crippen molar-refractivity contribution < 1.29 is 9.32 Å². The molecule has 6 rings (SSSR count). The monoisotopic (exact) mass is 421 g/mol. The second kappa shape index (κ2) is 7.46. The summed E-state index contributed by atoms with van der Waals surface area (Å²) >= 11 is 0. The number of amides is 1. The molecule has 5 aromatic rings. The summed E-state index contributed by atoms with van der Waals surface area (Å²) in [7, 11) is 0. The highest BCUT2D eigenvalue weighted by molar-refractivity contribution is 5.94. The first-order valence-corrected chi connectivity index (χ1v) is 10.5. The molecule has 0 fully saturated rings. The number of hydrogen-bond donors (Lipinski definition) is 1. The van der Waals surface area contributed by atoms with Crippen molar-refractivity contribution in [3.8, 4) is 11.4 Å². The summed E-state index contributed by atoms with van der Waals surface area (Å²) in [4.78, 5) is 27.4. The van der Waals surface area contributed by atoms with E-state index in [1.807, 2.05) is 60.7 Å². The van der Waals surface area contributed by atoms with Gasteiger partial charge in [-0.3, -0.25) is 4.79 Å². The van der Waals surface area contributed by atoms with Crippen LogP contribution in [-0.2, 0) is 13.0 Å². The van der Waals surface area contributed by atoms with E-state index in [4.69, 9.17) is 4.52 Å². The van der Waals surface area contributed by atoms with E-state index in [1.165, 1.54) is 0 Å². The van der Waals surface area contributed by atoms with Crippen LogP contribution in [0.3, 0.4) is 0 Å². The number of nitrogens with zero attached hydrogens (tertiary/aromatic N) is 4. The first-order valence-electron chi connectivity index (χ1n) is 10.5. The SMILES string of the molecule is O=C(c1ccccc1)N1Cc2[nH]cnc2C[C@H]1c1nc(-c2ccc3ccccc3c2)no1. The van der Waals surface area contributed by atoms with Crippen molar-refractivity contribution in [1.29, 1.82) is 0 Å². The Bertz CT molecular complexity index is 1420. The highest BCUT2D eigenvalue weighted by Gasteiger charge is 2.36. The predicted octanol–water partition coefficient (Wildman–Crippen LogP) is 4.55. The Morgan fingerprint density at radius 1 is 1.00 bits per heavy atom. The maximum Gasteiger partial charge on any atom is 0.254 e. The molecule has 0 spiro atoms. The van der Waals surface area contributed by atoms with Crippen molar-refractivity contribution in [2.45, 2.75) is 19.0 Å². The van der Waals surface area contributed by atoms with Gasteiger partial charge < -0.3 is 14.4 Å². The van der Waals surface area contributed by atoms with E-state index in [0.29, 0.717) is 30.2 Å². The van der Waals surface area contributed by atoms with E-state index in [2.05, 4.69) is 32.2 Å². The van der Waals surface area contributed by atoms with E-state index < -0.39 is 0 Å². The zero-order valence-corrected chi connectivity index (χ0v) is 17.1. The lowest BCUT2D eigenvalue weighted by atomic mass is 10.0. The van der Waals surface area contributed by atoms with Crippen molar-refractivity contribution in [3.05, 3.63) is 102 Å². The van der Waals surface area contributed by atoms with Gasteiger partial charge in [-0.05, 0) is 29.0 Å². The summed E-state index contributed by atoms with van der Waals surface area (Å²) in [5, 5.41) is 6.48. The van der Waals surface area contributed by atoms with Crippen molar-refractivity contribution in [2.24, 2.45) is 0 Å². The second-order valence-corrected chi connectivity index (χ2v) is 7.86. The molecule has 7 nitrogen and oxygen atoms in total. The molecule has 0 unspecified atom stereocenters. The lowest BCUT2D eigenvalue weighted by Gasteiger charge is -2.32. The molecule has 32 heavy (non-hydrogen) atoms. The van der Waals surface area contributed by atoms with Crippen molar-refractivity contribution in [3.63, 3.8) is 0 Å². The van der Waals surface area contributed by atoms with Gasteiger partial charge in [-0.25, -0.2) is 4.98 Å². The van der Waals surface area contributed by atoms with Gasteiger partial charge in [-0.1, -0.05) is 59.8 Å². The largest absolute Gasteiger partial charge is 0.347 e. The summed E-state index contributed by atoms with van der Waals surface area (Å²) in [6.45, 7) is 0.404. The minimum atomic E-state index is -0.389. The smallest absolute Gasteiger partial charge is 0.254 e.